The van der Waals surface area contributed by atoms with Crippen molar-refractivity contribution in [1.29, 1.82) is 0 Å². The van der Waals surface area contributed by atoms with E-state index in [0.717, 1.165) is 0 Å². The summed E-state index contributed by atoms with van der Waals surface area (Å²) < 4.78 is 10.5. The van der Waals surface area contributed by atoms with Gasteiger partial charge >= 0.3 is 17.7 Å². The molecule has 11 nitrogen and oxygen atoms in total. The van der Waals surface area contributed by atoms with Gasteiger partial charge in [0.05, 0.1) is 17.7 Å². The van der Waals surface area contributed by atoms with Gasteiger partial charge in [-0.2, -0.15) is 4.98 Å². The van der Waals surface area contributed by atoms with Crippen LogP contribution in [0.15, 0.2) is 30.9 Å². The average molecular weight is 374 g/mol. The van der Waals surface area contributed by atoms with Gasteiger partial charge in [0.1, 0.15) is 12.1 Å². The number of ether oxygens (including phenoxy) is 2. The molecule has 3 rings (SSSR count). The molecule has 0 bridgehead atoms. The molecule has 0 aromatic carbocycles. The molecule has 1 saturated heterocycles. The highest BCUT2D eigenvalue weighted by Crippen LogP contribution is 2.36. The van der Waals surface area contributed by atoms with E-state index in [1.165, 1.54) is 12.5 Å². The molecule has 3 heterocycles. The third kappa shape index (κ3) is 4.19. The highest BCUT2D eigenvalue weighted by atomic mass is 16.6. The number of aromatic nitrogens is 3. The molecule has 27 heavy (non-hydrogen) atoms. The molecule has 0 spiro atoms. The van der Waals surface area contributed by atoms with Crippen molar-refractivity contribution in [3.8, 4) is 11.6 Å². The first-order valence-corrected chi connectivity index (χ1v) is 8.34. The van der Waals surface area contributed by atoms with Crippen molar-refractivity contribution in [1.82, 2.24) is 19.9 Å². The fourth-order valence-corrected chi connectivity index (χ4v) is 2.65. The molecule has 2 aromatic rings. The highest BCUT2D eigenvalue weighted by Gasteiger charge is 2.31. The molecular weight excluding hydrogens is 356 g/mol. The normalized spacial score (nSPS) is 14.0. The summed E-state index contributed by atoms with van der Waals surface area (Å²) in [5, 5.41) is 11.7. The fraction of sp³-hybridized carbons (Fsp3) is 0.375. The van der Waals surface area contributed by atoms with E-state index in [1.54, 1.807) is 35.1 Å². The van der Waals surface area contributed by atoms with Crippen LogP contribution in [0.5, 0.6) is 11.6 Å². The molecule has 1 fully saturated rings. The van der Waals surface area contributed by atoms with Crippen LogP contribution in [0.1, 0.15) is 6.92 Å². The third-order valence-corrected chi connectivity index (χ3v) is 3.91. The number of piperazine rings is 1. The monoisotopic (exact) mass is 374 g/mol. The van der Waals surface area contributed by atoms with Gasteiger partial charge in [-0.25, -0.2) is 9.78 Å². The zero-order chi connectivity index (χ0) is 19.2. The van der Waals surface area contributed by atoms with Crippen LogP contribution < -0.4 is 9.64 Å². The van der Waals surface area contributed by atoms with E-state index in [-0.39, 0.29) is 17.4 Å². The van der Waals surface area contributed by atoms with E-state index < -0.39 is 11.0 Å². The van der Waals surface area contributed by atoms with E-state index in [2.05, 4.69) is 15.0 Å². The van der Waals surface area contributed by atoms with Crippen LogP contribution in [0.25, 0.3) is 0 Å². The molecule has 0 saturated carbocycles. The van der Waals surface area contributed by atoms with E-state index in [0.29, 0.717) is 38.5 Å². The highest BCUT2D eigenvalue weighted by molar-refractivity contribution is 5.69. The van der Waals surface area contributed by atoms with Crippen LogP contribution in [0.2, 0.25) is 0 Å². The summed E-state index contributed by atoms with van der Waals surface area (Å²) in [5.41, 5.74) is -0.328. The number of anilines is 1. The Kier molecular flexibility index (Phi) is 5.59. The van der Waals surface area contributed by atoms with Gasteiger partial charge in [-0.1, -0.05) is 0 Å². The van der Waals surface area contributed by atoms with Gasteiger partial charge in [-0.3, -0.25) is 15.1 Å². The second-order valence-corrected chi connectivity index (χ2v) is 5.57. The van der Waals surface area contributed by atoms with Crippen molar-refractivity contribution < 1.29 is 19.2 Å². The van der Waals surface area contributed by atoms with Crippen LogP contribution in [0.4, 0.5) is 16.3 Å². The molecule has 0 radical (unpaired) electrons. The molecule has 0 N–H and O–H groups in total. The van der Waals surface area contributed by atoms with Crippen molar-refractivity contribution in [2.24, 2.45) is 0 Å². The van der Waals surface area contributed by atoms with Crippen LogP contribution in [-0.4, -0.2) is 63.7 Å². The standard InChI is InChI=1S/C16H18N6O5/c1-2-26-16(23)21-8-6-20(7-9-21)14-13(22(24)25)15(19-11-18-14)27-12-4-3-5-17-10-12/h3-5,10-11H,2,6-9H2,1H3. The number of hydrogen-bond acceptors (Lipinski definition) is 9. The van der Waals surface area contributed by atoms with Gasteiger partial charge in [-0.05, 0) is 19.1 Å². The Morgan fingerprint density at radius 2 is 2.07 bits per heavy atom. The third-order valence-electron chi connectivity index (χ3n) is 3.91. The summed E-state index contributed by atoms with van der Waals surface area (Å²) in [5.74, 6) is 0.320. The summed E-state index contributed by atoms with van der Waals surface area (Å²) >= 11 is 0. The SMILES string of the molecule is CCOC(=O)N1CCN(c2ncnc(Oc3cccnc3)c2[N+](=O)[O-])CC1. The Hall–Kier alpha value is -3.50. The zero-order valence-electron chi connectivity index (χ0n) is 14.6. The lowest BCUT2D eigenvalue weighted by molar-refractivity contribution is -0.385. The smallest absolute Gasteiger partial charge is 0.409 e. The van der Waals surface area contributed by atoms with Gasteiger partial charge in [0.25, 0.3) is 0 Å². The Morgan fingerprint density at radius 3 is 2.70 bits per heavy atom. The predicted molar refractivity (Wildman–Crippen MR) is 93.8 cm³/mol. The Balaban J connectivity index is 1.81. The van der Waals surface area contributed by atoms with Gasteiger partial charge in [0.2, 0.25) is 5.82 Å². The molecule has 142 valence electrons. The maximum atomic E-state index is 11.8. The molecule has 0 aliphatic carbocycles. The molecule has 0 unspecified atom stereocenters. The predicted octanol–water partition coefficient (Wildman–Crippen LogP) is 1.85. The average Bonchev–Trinajstić information content (AvgIpc) is 2.69. The summed E-state index contributed by atoms with van der Waals surface area (Å²) in [7, 11) is 0. The summed E-state index contributed by atoms with van der Waals surface area (Å²) in [6.45, 7) is 3.54. The fourth-order valence-electron chi connectivity index (χ4n) is 2.65. The maximum absolute atomic E-state index is 11.8. The maximum Gasteiger partial charge on any atom is 0.409 e. The lowest BCUT2D eigenvalue weighted by atomic mass is 10.3. The van der Waals surface area contributed by atoms with Crippen molar-refractivity contribution >= 4 is 17.6 Å². The number of carbonyl (C=O) groups excluding carboxylic acids is 1. The lowest BCUT2D eigenvalue weighted by Crippen LogP contribution is -2.49. The zero-order valence-corrected chi connectivity index (χ0v) is 14.6. The first-order valence-electron chi connectivity index (χ1n) is 8.34. The van der Waals surface area contributed by atoms with Gasteiger partial charge < -0.3 is 19.3 Å². The number of carbonyl (C=O) groups is 1. The van der Waals surface area contributed by atoms with Crippen LogP contribution in [-0.2, 0) is 4.74 Å². The molecular formula is C16H18N6O5. The number of nitrogens with zero attached hydrogens (tertiary/aromatic N) is 6. The molecule has 1 amide bonds. The van der Waals surface area contributed by atoms with Gasteiger partial charge in [0.15, 0.2) is 0 Å². The summed E-state index contributed by atoms with van der Waals surface area (Å²) in [6, 6.07) is 3.27. The topological polar surface area (TPSA) is 124 Å². The van der Waals surface area contributed by atoms with E-state index in [4.69, 9.17) is 9.47 Å². The van der Waals surface area contributed by atoms with E-state index >= 15 is 0 Å². The second-order valence-electron chi connectivity index (χ2n) is 5.57. The number of hydrogen-bond donors (Lipinski definition) is 0. The first-order chi connectivity index (χ1) is 13.1. The van der Waals surface area contributed by atoms with E-state index in [1.807, 2.05) is 0 Å². The minimum absolute atomic E-state index is 0.150. The first kappa shape index (κ1) is 18.3. The number of nitro groups is 1. The minimum Gasteiger partial charge on any atom is -0.450 e. The van der Waals surface area contributed by atoms with E-state index in [9.17, 15) is 14.9 Å². The van der Waals surface area contributed by atoms with Gasteiger partial charge in [0, 0.05) is 32.4 Å². The van der Waals surface area contributed by atoms with Crippen molar-refractivity contribution in [2.75, 3.05) is 37.7 Å². The molecule has 1 aliphatic rings. The molecule has 2 aromatic heterocycles. The van der Waals surface area contributed by atoms with Crippen LogP contribution in [0.3, 0.4) is 0 Å². The second kappa shape index (κ2) is 8.25. The van der Waals surface area contributed by atoms with Crippen molar-refractivity contribution in [3.63, 3.8) is 0 Å². The number of pyridine rings is 1. The number of rotatable bonds is 5. The largest absolute Gasteiger partial charge is 0.450 e. The molecule has 11 heteroatoms. The Morgan fingerprint density at radius 1 is 1.30 bits per heavy atom. The van der Waals surface area contributed by atoms with Gasteiger partial charge in [-0.15, -0.1) is 0 Å². The molecule has 0 atom stereocenters. The molecule has 1 aliphatic heterocycles. The quantitative estimate of drug-likeness (QED) is 0.569. The number of amides is 1. The minimum atomic E-state index is -0.571. The Bertz CT molecular complexity index is 810. The van der Waals surface area contributed by atoms with Crippen LogP contribution in [0, 0.1) is 10.1 Å². The summed E-state index contributed by atoms with van der Waals surface area (Å²) in [6.07, 6.45) is 3.82. The van der Waals surface area contributed by atoms with Crippen LogP contribution >= 0.6 is 0 Å². The summed E-state index contributed by atoms with van der Waals surface area (Å²) in [4.78, 5) is 38.1. The lowest BCUT2D eigenvalue weighted by Gasteiger charge is -2.34. The Labute approximate surface area is 154 Å². The van der Waals surface area contributed by atoms with Crippen molar-refractivity contribution in [2.45, 2.75) is 6.92 Å². The van der Waals surface area contributed by atoms with Crippen molar-refractivity contribution in [3.05, 3.63) is 41.0 Å².